The normalized spacial score (nSPS) is 12.6. The molecule has 0 bridgehead atoms. The van der Waals surface area contributed by atoms with Crippen molar-refractivity contribution < 1.29 is 9.90 Å². The first-order valence-electron chi connectivity index (χ1n) is 7.11. The van der Waals surface area contributed by atoms with Gasteiger partial charge in [0.05, 0.1) is 12.6 Å². The van der Waals surface area contributed by atoms with E-state index in [0.717, 1.165) is 12.8 Å². The van der Waals surface area contributed by atoms with Crippen LogP contribution >= 0.6 is 0 Å². The standard InChI is InChI=1S/C14H29NO2/c1-2-3-4-5-6-7-8-9-10-11-14(17)13(15)12-16/h13,16H,2-12,15H2,1H3. The van der Waals surface area contributed by atoms with E-state index in [4.69, 9.17) is 10.8 Å². The number of hydrogen-bond donors (Lipinski definition) is 2. The third-order valence-electron chi connectivity index (χ3n) is 3.14. The zero-order valence-electron chi connectivity index (χ0n) is 11.3. The quantitative estimate of drug-likeness (QED) is 0.518. The smallest absolute Gasteiger partial charge is 0.151 e. The van der Waals surface area contributed by atoms with Gasteiger partial charge in [-0.2, -0.15) is 0 Å². The summed E-state index contributed by atoms with van der Waals surface area (Å²) in [6.07, 6.45) is 11.7. The van der Waals surface area contributed by atoms with Gasteiger partial charge in [-0.3, -0.25) is 4.79 Å². The molecular weight excluding hydrogens is 214 g/mol. The second-order valence-corrected chi connectivity index (χ2v) is 4.83. The SMILES string of the molecule is CCCCCCCCCCCC(=O)C(N)CO. The molecule has 0 aliphatic rings. The van der Waals surface area contributed by atoms with Gasteiger partial charge in [0.2, 0.25) is 0 Å². The number of hydrogen-bond acceptors (Lipinski definition) is 3. The number of unbranched alkanes of at least 4 members (excludes halogenated alkanes) is 8. The monoisotopic (exact) mass is 243 g/mol. The lowest BCUT2D eigenvalue weighted by molar-refractivity contribution is -0.121. The Morgan fingerprint density at radius 2 is 1.47 bits per heavy atom. The van der Waals surface area contributed by atoms with Crippen LogP contribution in [0.4, 0.5) is 0 Å². The number of carbonyl (C=O) groups excluding carboxylic acids is 1. The van der Waals surface area contributed by atoms with E-state index in [1.165, 1.54) is 44.9 Å². The molecule has 0 saturated carbocycles. The molecule has 3 N–H and O–H groups in total. The van der Waals surface area contributed by atoms with Crippen molar-refractivity contribution in [1.29, 1.82) is 0 Å². The van der Waals surface area contributed by atoms with Gasteiger partial charge in [-0.1, -0.05) is 58.3 Å². The van der Waals surface area contributed by atoms with Crippen molar-refractivity contribution in [2.75, 3.05) is 6.61 Å². The first-order valence-corrected chi connectivity index (χ1v) is 7.11. The second kappa shape index (κ2) is 12.1. The van der Waals surface area contributed by atoms with Gasteiger partial charge < -0.3 is 10.8 Å². The first-order chi connectivity index (χ1) is 8.22. The van der Waals surface area contributed by atoms with Crippen molar-refractivity contribution in [3.05, 3.63) is 0 Å². The van der Waals surface area contributed by atoms with E-state index in [9.17, 15) is 4.79 Å². The minimum atomic E-state index is -0.663. The number of rotatable bonds is 12. The molecule has 0 aliphatic heterocycles. The summed E-state index contributed by atoms with van der Waals surface area (Å²) >= 11 is 0. The van der Waals surface area contributed by atoms with Crippen LogP contribution in [-0.2, 0) is 4.79 Å². The molecule has 0 amide bonds. The van der Waals surface area contributed by atoms with Crippen LogP contribution in [0.3, 0.4) is 0 Å². The van der Waals surface area contributed by atoms with E-state index in [1.54, 1.807) is 0 Å². The average Bonchev–Trinajstić information content (AvgIpc) is 2.35. The zero-order valence-corrected chi connectivity index (χ0v) is 11.3. The third kappa shape index (κ3) is 10.5. The summed E-state index contributed by atoms with van der Waals surface area (Å²) in [4.78, 5) is 11.3. The Hall–Kier alpha value is -0.410. The zero-order chi connectivity index (χ0) is 12.9. The number of Topliss-reactive ketones (excluding diaryl/α,β-unsaturated/α-hetero) is 1. The maximum absolute atomic E-state index is 11.3. The lowest BCUT2D eigenvalue weighted by atomic mass is 10.0. The summed E-state index contributed by atoms with van der Waals surface area (Å²) in [6, 6.07) is -0.663. The summed E-state index contributed by atoms with van der Waals surface area (Å²) in [5.74, 6) is -0.00422. The number of ketones is 1. The van der Waals surface area contributed by atoms with E-state index in [1.807, 2.05) is 0 Å². The molecule has 0 rings (SSSR count). The molecule has 0 saturated heterocycles. The minimum Gasteiger partial charge on any atom is -0.394 e. The van der Waals surface area contributed by atoms with Crippen LogP contribution in [-0.4, -0.2) is 23.5 Å². The molecule has 3 heteroatoms. The van der Waals surface area contributed by atoms with Crippen LogP contribution < -0.4 is 5.73 Å². The van der Waals surface area contributed by atoms with Crippen molar-refractivity contribution in [3.63, 3.8) is 0 Å². The van der Waals surface area contributed by atoms with Gasteiger partial charge in [0.25, 0.3) is 0 Å². The van der Waals surface area contributed by atoms with Crippen molar-refractivity contribution in [2.24, 2.45) is 5.73 Å². The highest BCUT2D eigenvalue weighted by Gasteiger charge is 2.10. The van der Waals surface area contributed by atoms with Crippen LogP contribution in [0.25, 0.3) is 0 Å². The Kier molecular flexibility index (Phi) is 11.8. The Morgan fingerprint density at radius 1 is 1.00 bits per heavy atom. The van der Waals surface area contributed by atoms with Gasteiger partial charge in [0.1, 0.15) is 0 Å². The van der Waals surface area contributed by atoms with E-state index in [0.29, 0.717) is 6.42 Å². The maximum Gasteiger partial charge on any atom is 0.151 e. The third-order valence-corrected chi connectivity index (χ3v) is 3.14. The average molecular weight is 243 g/mol. The van der Waals surface area contributed by atoms with E-state index in [2.05, 4.69) is 6.92 Å². The highest BCUT2D eigenvalue weighted by molar-refractivity contribution is 5.83. The summed E-state index contributed by atoms with van der Waals surface area (Å²) < 4.78 is 0. The van der Waals surface area contributed by atoms with Crippen molar-refractivity contribution in [2.45, 2.75) is 77.2 Å². The van der Waals surface area contributed by atoms with E-state index >= 15 is 0 Å². The highest BCUT2D eigenvalue weighted by Crippen LogP contribution is 2.10. The lowest BCUT2D eigenvalue weighted by Crippen LogP contribution is -2.33. The van der Waals surface area contributed by atoms with Crippen LogP contribution in [0, 0.1) is 0 Å². The fraction of sp³-hybridized carbons (Fsp3) is 0.929. The van der Waals surface area contributed by atoms with Crippen LogP contribution in [0.2, 0.25) is 0 Å². The molecule has 17 heavy (non-hydrogen) atoms. The van der Waals surface area contributed by atoms with Crippen molar-refractivity contribution in [3.8, 4) is 0 Å². The molecule has 0 aromatic carbocycles. The molecule has 0 fully saturated rings. The fourth-order valence-electron chi connectivity index (χ4n) is 1.90. The van der Waals surface area contributed by atoms with Gasteiger partial charge in [-0.15, -0.1) is 0 Å². The highest BCUT2D eigenvalue weighted by atomic mass is 16.3. The number of nitrogens with two attached hydrogens (primary N) is 1. The number of aliphatic hydroxyl groups is 1. The Bertz CT molecular complexity index is 183. The van der Waals surface area contributed by atoms with Crippen LogP contribution in [0.5, 0.6) is 0 Å². The summed E-state index contributed by atoms with van der Waals surface area (Å²) in [5, 5.41) is 8.70. The Morgan fingerprint density at radius 3 is 1.94 bits per heavy atom. The Balaban J connectivity index is 3.16. The first kappa shape index (κ1) is 16.6. The maximum atomic E-state index is 11.3. The van der Waals surface area contributed by atoms with Gasteiger partial charge >= 0.3 is 0 Å². The second-order valence-electron chi connectivity index (χ2n) is 4.83. The number of carbonyl (C=O) groups is 1. The van der Waals surface area contributed by atoms with Crippen LogP contribution in [0.1, 0.15) is 71.1 Å². The summed E-state index contributed by atoms with van der Waals surface area (Å²) in [5.41, 5.74) is 5.43. The number of aliphatic hydroxyl groups excluding tert-OH is 1. The molecule has 3 nitrogen and oxygen atoms in total. The van der Waals surface area contributed by atoms with Crippen molar-refractivity contribution in [1.82, 2.24) is 0 Å². The predicted octanol–water partition coefficient (Wildman–Crippen LogP) is 2.80. The molecule has 0 radical (unpaired) electrons. The lowest BCUT2D eigenvalue weighted by Gasteiger charge is -2.06. The molecule has 0 heterocycles. The molecule has 1 atom stereocenters. The molecule has 0 spiro atoms. The molecule has 1 unspecified atom stereocenters. The Labute approximate surface area is 106 Å². The molecular formula is C14H29NO2. The fourth-order valence-corrected chi connectivity index (χ4v) is 1.90. The van der Waals surface area contributed by atoms with E-state index < -0.39 is 6.04 Å². The summed E-state index contributed by atoms with van der Waals surface area (Å²) in [7, 11) is 0. The van der Waals surface area contributed by atoms with Gasteiger partial charge in [0.15, 0.2) is 5.78 Å². The van der Waals surface area contributed by atoms with Crippen molar-refractivity contribution >= 4 is 5.78 Å². The molecule has 102 valence electrons. The largest absolute Gasteiger partial charge is 0.394 e. The van der Waals surface area contributed by atoms with Gasteiger partial charge in [0, 0.05) is 6.42 Å². The summed E-state index contributed by atoms with van der Waals surface area (Å²) in [6.45, 7) is 2.00. The van der Waals surface area contributed by atoms with Crippen LogP contribution in [0.15, 0.2) is 0 Å². The molecule has 0 aromatic heterocycles. The topological polar surface area (TPSA) is 63.3 Å². The van der Waals surface area contributed by atoms with E-state index in [-0.39, 0.29) is 12.4 Å². The predicted molar refractivity (Wildman–Crippen MR) is 71.9 cm³/mol. The van der Waals surface area contributed by atoms with Gasteiger partial charge in [-0.25, -0.2) is 0 Å². The van der Waals surface area contributed by atoms with Gasteiger partial charge in [-0.05, 0) is 6.42 Å². The molecule has 0 aromatic rings. The molecule has 0 aliphatic carbocycles. The minimum absolute atomic E-state index is 0.00422.